The Morgan fingerprint density at radius 3 is 2.69 bits per heavy atom. The molecule has 0 saturated carbocycles. The largest absolute Gasteiger partial charge is 0.450 e. The molecule has 0 spiro atoms. The standard InChI is InChI=1S/C20H16N4O7S/c1-12(11-22-15-10-16(25)14-8-5-9-21-17(14)18(15)26)30-19-20(24(27)31-23-19)32(28,29)13-6-3-2-4-7-13/h2-10,12,22H,11H2,1H3. The Kier molecular flexibility index (Phi) is 5.45. The van der Waals surface area contributed by atoms with Crippen molar-refractivity contribution in [3.8, 4) is 5.88 Å². The first-order valence-corrected chi connectivity index (χ1v) is 10.8. The molecule has 12 heteroatoms. The quantitative estimate of drug-likeness (QED) is 0.506. The highest BCUT2D eigenvalue weighted by Gasteiger charge is 2.36. The Labute approximate surface area is 181 Å². The molecule has 1 aliphatic carbocycles. The van der Waals surface area contributed by atoms with Crippen molar-refractivity contribution >= 4 is 21.4 Å². The minimum absolute atomic E-state index is 0.0104. The zero-order valence-electron chi connectivity index (χ0n) is 16.6. The number of aromatic nitrogens is 3. The van der Waals surface area contributed by atoms with E-state index in [4.69, 9.17) is 4.74 Å². The molecule has 1 aliphatic rings. The summed E-state index contributed by atoms with van der Waals surface area (Å²) in [5.41, 5.74) is 0.273. The number of carbonyl (C=O) groups is 2. The normalized spacial score (nSPS) is 14.5. The molecule has 0 aliphatic heterocycles. The number of benzene rings is 1. The molecule has 3 aromatic rings. The Bertz CT molecular complexity index is 1330. The molecular formula is C20H16N4O7S. The number of rotatable bonds is 7. The SMILES string of the molecule is CC(CNC1=CC(=O)c2cccnc2C1=O)Oc1no[n+]([O-])c1S(=O)(=O)c1ccccc1. The van der Waals surface area contributed by atoms with Gasteiger partial charge in [-0.05, 0) is 36.1 Å². The highest BCUT2D eigenvalue weighted by atomic mass is 32.2. The third-order valence-electron chi connectivity index (χ3n) is 4.56. The second-order valence-corrected chi connectivity index (χ2v) is 8.68. The van der Waals surface area contributed by atoms with Crippen molar-refractivity contribution in [2.24, 2.45) is 0 Å². The Morgan fingerprint density at radius 2 is 1.94 bits per heavy atom. The second kappa shape index (κ2) is 8.23. The van der Waals surface area contributed by atoms with Crippen LogP contribution in [0.4, 0.5) is 0 Å². The number of Topliss-reactive ketones (excluding diaryl/α,β-unsaturated/α-hetero) is 1. The molecule has 1 N–H and O–H groups in total. The monoisotopic (exact) mass is 456 g/mol. The Morgan fingerprint density at radius 1 is 1.19 bits per heavy atom. The van der Waals surface area contributed by atoms with Crippen molar-refractivity contribution < 1.29 is 32.3 Å². The first-order chi connectivity index (χ1) is 15.3. The molecule has 0 radical (unpaired) electrons. The molecule has 11 nitrogen and oxygen atoms in total. The zero-order valence-corrected chi connectivity index (χ0v) is 17.4. The van der Waals surface area contributed by atoms with Crippen molar-refractivity contribution in [2.75, 3.05) is 6.54 Å². The van der Waals surface area contributed by atoms with Gasteiger partial charge in [-0.3, -0.25) is 19.2 Å². The number of hydrogen-bond donors (Lipinski definition) is 1. The van der Waals surface area contributed by atoms with E-state index < -0.39 is 32.6 Å². The summed E-state index contributed by atoms with van der Waals surface area (Å²) < 4.78 is 35.5. The molecule has 0 bridgehead atoms. The molecule has 2 heterocycles. The maximum absolute atomic E-state index is 12.8. The summed E-state index contributed by atoms with van der Waals surface area (Å²) in [6.07, 6.45) is 1.81. The first kappa shape index (κ1) is 21.2. The van der Waals surface area contributed by atoms with Crippen LogP contribution in [0.2, 0.25) is 0 Å². The summed E-state index contributed by atoms with van der Waals surface area (Å²) in [6, 6.07) is 10.4. The number of allylic oxidation sites excluding steroid dienone is 2. The lowest BCUT2D eigenvalue weighted by Gasteiger charge is -2.18. The number of sulfone groups is 1. The molecule has 0 saturated heterocycles. The van der Waals surface area contributed by atoms with Crippen LogP contribution in [-0.2, 0) is 9.84 Å². The average molecular weight is 456 g/mol. The van der Waals surface area contributed by atoms with Crippen LogP contribution in [0.5, 0.6) is 5.88 Å². The van der Waals surface area contributed by atoms with Crippen LogP contribution in [-0.4, -0.2) is 42.8 Å². The van der Waals surface area contributed by atoms with Gasteiger partial charge in [0.05, 0.1) is 27.9 Å². The fraction of sp³-hybridized carbons (Fsp3) is 0.150. The van der Waals surface area contributed by atoms with Gasteiger partial charge in [-0.25, -0.2) is 8.42 Å². The van der Waals surface area contributed by atoms with Crippen LogP contribution < -0.4 is 15.0 Å². The highest BCUT2D eigenvalue weighted by Crippen LogP contribution is 2.25. The Balaban J connectivity index is 1.49. The van der Waals surface area contributed by atoms with Crippen molar-refractivity contribution in [3.05, 3.63) is 76.9 Å². The molecule has 1 atom stereocenters. The molecule has 164 valence electrons. The van der Waals surface area contributed by atoms with E-state index in [-0.39, 0.29) is 39.1 Å². The number of carbonyl (C=O) groups excluding carboxylic acids is 2. The second-order valence-electron chi connectivity index (χ2n) is 6.82. The number of nitrogens with zero attached hydrogens (tertiary/aromatic N) is 3. The van der Waals surface area contributed by atoms with Crippen molar-refractivity contribution in [1.29, 1.82) is 0 Å². The van der Waals surface area contributed by atoms with Gasteiger partial charge in [-0.15, -0.1) is 0 Å². The van der Waals surface area contributed by atoms with E-state index in [0.717, 1.165) is 6.08 Å². The maximum atomic E-state index is 12.8. The number of nitrogens with one attached hydrogen (secondary N) is 1. The van der Waals surface area contributed by atoms with Crippen LogP contribution in [0.1, 0.15) is 27.8 Å². The van der Waals surface area contributed by atoms with E-state index >= 15 is 0 Å². The van der Waals surface area contributed by atoms with E-state index in [1.165, 1.54) is 36.5 Å². The molecule has 4 rings (SSSR count). The molecular weight excluding hydrogens is 440 g/mol. The number of pyridine rings is 1. The number of ketones is 2. The molecule has 1 aromatic carbocycles. The van der Waals surface area contributed by atoms with Gasteiger partial charge in [0.2, 0.25) is 5.78 Å². The molecule has 0 amide bonds. The van der Waals surface area contributed by atoms with Gasteiger partial charge in [0.25, 0.3) is 9.84 Å². The number of ether oxygens (including phenoxy) is 1. The number of fused-ring (bicyclic) bond motifs is 1. The lowest BCUT2D eigenvalue weighted by atomic mass is 9.97. The van der Waals surface area contributed by atoms with Gasteiger partial charge < -0.3 is 15.3 Å². The van der Waals surface area contributed by atoms with Crippen LogP contribution in [0.25, 0.3) is 0 Å². The van der Waals surface area contributed by atoms with Crippen LogP contribution in [0.15, 0.2) is 75.0 Å². The molecule has 0 fully saturated rings. The summed E-state index contributed by atoms with van der Waals surface area (Å²) in [5.74, 6) is -1.35. The smallest absolute Gasteiger partial charge is 0.415 e. The maximum Gasteiger partial charge on any atom is 0.415 e. The molecule has 32 heavy (non-hydrogen) atoms. The number of hydrogen-bond acceptors (Lipinski definition) is 10. The van der Waals surface area contributed by atoms with E-state index in [0.29, 0.717) is 0 Å². The molecule has 2 aromatic heterocycles. The van der Waals surface area contributed by atoms with Gasteiger partial charge in [-0.2, -0.15) is 0 Å². The van der Waals surface area contributed by atoms with Gasteiger partial charge in [-0.1, -0.05) is 18.2 Å². The topological polar surface area (TPSA) is 155 Å². The summed E-state index contributed by atoms with van der Waals surface area (Å²) in [4.78, 5) is 28.3. The van der Waals surface area contributed by atoms with Crippen LogP contribution in [0.3, 0.4) is 0 Å². The third kappa shape index (κ3) is 3.83. The zero-order chi connectivity index (χ0) is 22.9. The predicted octanol–water partition coefficient (Wildman–Crippen LogP) is 0.856. The summed E-state index contributed by atoms with van der Waals surface area (Å²) >= 11 is 0. The van der Waals surface area contributed by atoms with Gasteiger partial charge in [0.1, 0.15) is 11.8 Å². The van der Waals surface area contributed by atoms with E-state index in [2.05, 4.69) is 20.1 Å². The average Bonchev–Trinajstić information content (AvgIpc) is 3.16. The van der Waals surface area contributed by atoms with E-state index in [9.17, 15) is 23.2 Å². The van der Waals surface area contributed by atoms with Crippen molar-refractivity contribution in [1.82, 2.24) is 15.5 Å². The summed E-state index contributed by atoms with van der Waals surface area (Å²) in [5, 5.41) is 17.4. The minimum atomic E-state index is -4.26. The van der Waals surface area contributed by atoms with Crippen molar-refractivity contribution in [2.45, 2.75) is 22.9 Å². The lowest BCUT2D eigenvalue weighted by molar-refractivity contribution is -0.832. The lowest BCUT2D eigenvalue weighted by Crippen LogP contribution is -2.35. The molecule has 1 unspecified atom stereocenters. The highest BCUT2D eigenvalue weighted by molar-refractivity contribution is 7.91. The van der Waals surface area contributed by atoms with Crippen molar-refractivity contribution in [3.63, 3.8) is 0 Å². The van der Waals surface area contributed by atoms with E-state index in [1.54, 1.807) is 19.1 Å². The fourth-order valence-corrected chi connectivity index (χ4v) is 4.31. The van der Waals surface area contributed by atoms with Gasteiger partial charge >= 0.3 is 10.9 Å². The van der Waals surface area contributed by atoms with Gasteiger partial charge in [0, 0.05) is 12.3 Å². The Hall–Kier alpha value is -4.06. The fourth-order valence-electron chi connectivity index (χ4n) is 3.03. The van der Waals surface area contributed by atoms with Crippen LogP contribution >= 0.6 is 0 Å². The third-order valence-corrected chi connectivity index (χ3v) is 6.28. The minimum Gasteiger partial charge on any atom is -0.450 e. The van der Waals surface area contributed by atoms with Gasteiger partial charge in [0.15, 0.2) is 5.78 Å². The predicted molar refractivity (Wildman–Crippen MR) is 106 cm³/mol. The van der Waals surface area contributed by atoms with Crippen LogP contribution in [0, 0.1) is 5.21 Å². The summed E-state index contributed by atoms with van der Waals surface area (Å²) in [6.45, 7) is 1.54. The first-order valence-electron chi connectivity index (χ1n) is 9.35. The van der Waals surface area contributed by atoms with E-state index in [1.807, 2.05) is 0 Å². The summed E-state index contributed by atoms with van der Waals surface area (Å²) in [7, 11) is -4.26.